The summed E-state index contributed by atoms with van der Waals surface area (Å²) < 4.78 is 123. The summed E-state index contributed by atoms with van der Waals surface area (Å²) in [6, 6.07) is 18.7. The number of hydrogen-bond acceptors (Lipinski definition) is 34. The minimum Gasteiger partial charge on any atom is -0.505 e. The molecule has 0 saturated heterocycles. The zero-order chi connectivity index (χ0) is 60.0. The molecule has 0 unspecified atom stereocenters. The van der Waals surface area contributed by atoms with E-state index in [1.807, 2.05) is 0 Å². The monoisotopic (exact) mass is 1300 g/mol. The topological polar surface area (TPSA) is 503 Å². The first kappa shape index (κ1) is 62.1. The van der Waals surface area contributed by atoms with Gasteiger partial charge in [-0.3, -0.25) is 13.7 Å². The molecule has 0 aliphatic carbocycles. The molecule has 434 valence electrons. The second-order valence-corrected chi connectivity index (χ2v) is 23.2. The summed E-state index contributed by atoms with van der Waals surface area (Å²) in [5, 5.41) is 116. The third-order valence-electron chi connectivity index (χ3n) is 10.8. The van der Waals surface area contributed by atoms with Gasteiger partial charge in [-0.2, -0.15) is 40.6 Å². The summed E-state index contributed by atoms with van der Waals surface area (Å²) >= 11 is 7.58. The lowest BCUT2D eigenvalue weighted by atomic mass is 10.0. The van der Waals surface area contributed by atoms with E-state index in [-0.39, 0.29) is 104 Å². The van der Waals surface area contributed by atoms with E-state index in [1.54, 1.807) is 0 Å². The number of nitrogens with zero attached hydrogens (tertiary/aromatic N) is 8. The van der Waals surface area contributed by atoms with E-state index in [9.17, 15) is 54.2 Å². The first-order chi connectivity index (χ1) is 39.4. The van der Waals surface area contributed by atoms with Gasteiger partial charge in [-0.25, -0.2) is 21.0 Å². The van der Waals surface area contributed by atoms with E-state index in [1.165, 1.54) is 54.6 Å². The van der Waals surface area contributed by atoms with E-state index in [0.717, 1.165) is 42.5 Å². The number of hydrogen-bond donors (Lipinski definition) is 11. The summed E-state index contributed by atoms with van der Waals surface area (Å²) in [5.41, 5.74) is 2.95. The number of phenolic OH excluding ortho intramolecular Hbond substituents is 3. The van der Waals surface area contributed by atoms with Crippen LogP contribution in [0.15, 0.2) is 172 Å². The van der Waals surface area contributed by atoms with Crippen molar-refractivity contribution in [2.75, 3.05) is 5.73 Å². The summed E-state index contributed by atoms with van der Waals surface area (Å²) in [7, 11) is -15.4. The second-order valence-electron chi connectivity index (χ2n) is 15.6. The fourth-order valence-corrected chi connectivity index (χ4v) is 11.1. The third kappa shape index (κ3) is 14.4. The fourth-order valence-electron chi connectivity index (χ4n) is 7.28. The molecule has 12 N–H and O–H groups in total. The van der Waals surface area contributed by atoms with Gasteiger partial charge < -0.3 is 21.1 Å². The van der Waals surface area contributed by atoms with Crippen molar-refractivity contribution < 1.29 is 113 Å². The molecule has 0 heterocycles. The van der Waals surface area contributed by atoms with Crippen LogP contribution in [-0.2, 0) is 67.8 Å². The number of azo groups is 4. The van der Waals surface area contributed by atoms with Gasteiger partial charge in [0.2, 0.25) is 0 Å². The molecule has 83 heavy (non-hydrogen) atoms. The Labute approximate surface area is 483 Å². The van der Waals surface area contributed by atoms with Gasteiger partial charge in [0.1, 0.15) is 38.2 Å². The minimum atomic E-state index is -5.28. The van der Waals surface area contributed by atoms with Crippen LogP contribution in [0.5, 0.6) is 17.2 Å². The van der Waals surface area contributed by atoms with Crippen LogP contribution in [0.2, 0.25) is 5.02 Å². The van der Waals surface area contributed by atoms with Gasteiger partial charge in [0.15, 0.2) is 17.2 Å². The molecular weight excluding hydrogens is 1270 g/mol. The van der Waals surface area contributed by atoms with Crippen molar-refractivity contribution in [3.05, 3.63) is 102 Å². The summed E-state index contributed by atoms with van der Waals surface area (Å²) in [5.74, 6) is -2.29. The number of fused-ring (bicyclic) bond motifs is 3. The molecule has 8 rings (SSSR count). The van der Waals surface area contributed by atoms with Crippen LogP contribution < -0.4 is 5.73 Å². The Kier molecular flexibility index (Phi) is 19.7. The Bertz CT molecular complexity index is 4360. The van der Waals surface area contributed by atoms with Gasteiger partial charge in [0.25, 0.3) is 30.4 Å². The molecule has 0 saturated carbocycles. The number of nitrogen functional groups attached to an aromatic ring is 1. The summed E-state index contributed by atoms with van der Waals surface area (Å²) in [6.07, 6.45) is 0. The lowest BCUT2D eigenvalue weighted by molar-refractivity contribution is -0.432. The van der Waals surface area contributed by atoms with Crippen LogP contribution in [0.1, 0.15) is 0 Å². The highest BCUT2D eigenvalue weighted by atomic mass is 35.5. The molecule has 0 fully saturated rings. The standard InChI is InChI=1S/C42H28ClN9O24S7/c43-26-7-4-22(15-29(26)78-74-70-57)47-49-36-30(79-75-71-58)10-18-9-20(3-6-24(18)40(36)53)45-50-37-31(80-76-72-59)11-19-13-32(82(63,64)65)38(35(44)34(19)42(37)55)51-46-21-2-1-17-12-33(83(66,67)68)39(41(54)25(17)14-21)52-48-27-16-23(81(60,61)62)5-8-28(27)77-73-69-56/h1-16,53-59H,44H2,(H,60,61,62)(H,63,64,65)(H,66,67,68). The Morgan fingerprint density at radius 1 is 0.422 bits per heavy atom. The smallest absolute Gasteiger partial charge is 0.296 e. The number of nitrogens with two attached hydrogens (primary N) is 1. The van der Waals surface area contributed by atoms with Crippen molar-refractivity contribution >= 4 is 174 Å². The van der Waals surface area contributed by atoms with E-state index < -0.39 is 90.7 Å². The zero-order valence-electron chi connectivity index (χ0n) is 39.8. The summed E-state index contributed by atoms with van der Waals surface area (Å²) in [4.78, 5) is -2.84. The maximum absolute atomic E-state index is 12.9. The number of phenols is 3. The highest BCUT2D eigenvalue weighted by Crippen LogP contribution is 2.51. The Hall–Kier alpha value is -6.92. The minimum absolute atomic E-state index is 0.0203. The highest BCUT2D eigenvalue weighted by Gasteiger charge is 2.27. The molecular formula is C42H28ClN9O24S7. The van der Waals surface area contributed by atoms with Crippen molar-refractivity contribution in [2.45, 2.75) is 34.3 Å². The molecule has 0 spiro atoms. The van der Waals surface area contributed by atoms with E-state index in [4.69, 9.17) is 38.4 Å². The predicted molar refractivity (Wildman–Crippen MR) is 288 cm³/mol. The van der Waals surface area contributed by atoms with Gasteiger partial charge in [0.05, 0.1) is 106 Å². The first-order valence-electron chi connectivity index (χ1n) is 21.3. The number of halogens is 1. The highest BCUT2D eigenvalue weighted by molar-refractivity contribution is 7.95. The van der Waals surface area contributed by atoms with Crippen molar-refractivity contribution in [3.8, 4) is 17.2 Å². The Morgan fingerprint density at radius 2 is 0.904 bits per heavy atom. The molecule has 0 aliphatic heterocycles. The third-order valence-corrected chi connectivity index (χ3v) is 16.3. The summed E-state index contributed by atoms with van der Waals surface area (Å²) in [6.45, 7) is 0. The lowest BCUT2D eigenvalue weighted by Gasteiger charge is -2.14. The van der Waals surface area contributed by atoms with E-state index in [0.29, 0.717) is 24.1 Å². The molecule has 0 amide bonds. The van der Waals surface area contributed by atoms with Crippen LogP contribution in [0.25, 0.3) is 32.3 Å². The SMILES string of the molecule is Nc1c(N=Nc2ccc3cc(S(=O)(=O)O)c(N=Nc4cc(S(=O)(=O)O)ccc4SOOO)c(O)c3c2)c(S(=O)(=O)O)cc2cc(SOOO)c(N=Nc3ccc4c(O)c(N=Nc5ccc(Cl)c(SOOO)c5)c(SOOO)cc4c3)c(O)c12. The molecule has 0 aliphatic rings. The zero-order valence-corrected chi connectivity index (χ0v) is 46.3. The normalized spacial score (nSPS) is 12.7. The van der Waals surface area contributed by atoms with Crippen LogP contribution >= 0.6 is 59.8 Å². The Morgan fingerprint density at radius 3 is 1.51 bits per heavy atom. The van der Waals surface area contributed by atoms with Gasteiger partial charge in [-0.1, -0.05) is 37.8 Å². The molecule has 8 aromatic carbocycles. The van der Waals surface area contributed by atoms with Crippen molar-refractivity contribution in [3.63, 3.8) is 0 Å². The van der Waals surface area contributed by atoms with Crippen LogP contribution in [-0.4, -0.2) is 75.3 Å². The van der Waals surface area contributed by atoms with Crippen molar-refractivity contribution in [1.29, 1.82) is 0 Å². The largest absolute Gasteiger partial charge is 0.505 e. The van der Waals surface area contributed by atoms with Gasteiger partial charge in [-0.15, -0.1) is 42.9 Å². The van der Waals surface area contributed by atoms with E-state index in [2.05, 4.69) is 78.4 Å². The van der Waals surface area contributed by atoms with Gasteiger partial charge in [0, 0.05) is 10.8 Å². The van der Waals surface area contributed by atoms with Gasteiger partial charge >= 0.3 is 0 Å². The van der Waals surface area contributed by atoms with Crippen molar-refractivity contribution in [1.82, 2.24) is 0 Å². The number of rotatable bonds is 23. The molecule has 41 heteroatoms. The molecule has 0 radical (unpaired) electrons. The number of benzene rings is 8. The van der Waals surface area contributed by atoms with E-state index >= 15 is 0 Å². The number of anilines is 1. The quantitative estimate of drug-likeness (QED) is 0.00707. The maximum Gasteiger partial charge on any atom is 0.296 e. The number of aromatic hydroxyl groups is 3. The maximum atomic E-state index is 12.9. The average Bonchev–Trinajstić information content (AvgIpc) is 2.33. The molecule has 33 nitrogen and oxygen atoms in total. The average molecular weight is 1300 g/mol. The fraction of sp³-hybridized carbons (Fsp3) is 0. The van der Waals surface area contributed by atoms with Crippen molar-refractivity contribution in [2.24, 2.45) is 40.9 Å². The van der Waals surface area contributed by atoms with Crippen LogP contribution in [0.3, 0.4) is 0 Å². The lowest BCUT2D eigenvalue weighted by Crippen LogP contribution is -2.02. The Balaban J connectivity index is 1.19. The molecule has 0 bridgehead atoms. The predicted octanol–water partition coefficient (Wildman–Crippen LogP) is 13.6. The molecule has 0 atom stereocenters. The molecule has 8 aromatic rings. The first-order valence-corrected chi connectivity index (χ1v) is 29.0. The van der Waals surface area contributed by atoms with Crippen LogP contribution in [0.4, 0.5) is 51.2 Å². The second kappa shape index (κ2) is 26.3. The van der Waals surface area contributed by atoms with Crippen LogP contribution in [0, 0.1) is 0 Å². The van der Waals surface area contributed by atoms with Gasteiger partial charge in [-0.05, 0) is 107 Å². The molecule has 0 aromatic heterocycles.